The van der Waals surface area contributed by atoms with Gasteiger partial charge in [0.15, 0.2) is 0 Å². The number of nitrogens with one attached hydrogen (secondary N) is 1. The monoisotopic (exact) mass is 308 g/mol. The van der Waals surface area contributed by atoms with Crippen LogP contribution in [0.25, 0.3) is 0 Å². The molecule has 0 bridgehead atoms. The van der Waals surface area contributed by atoms with E-state index in [1.54, 1.807) is 0 Å². The number of hydrogen-bond acceptors (Lipinski definition) is 2. The van der Waals surface area contributed by atoms with Gasteiger partial charge >= 0.3 is 0 Å². The van der Waals surface area contributed by atoms with Gasteiger partial charge < -0.3 is 5.32 Å². The van der Waals surface area contributed by atoms with Gasteiger partial charge in [-0.2, -0.15) is 0 Å². The van der Waals surface area contributed by atoms with E-state index in [9.17, 15) is 0 Å². The summed E-state index contributed by atoms with van der Waals surface area (Å²) in [6, 6.07) is 7.03. The largest absolute Gasteiger partial charge is 0.308 e. The minimum Gasteiger partial charge on any atom is -0.308 e. The Balaban J connectivity index is 2.17. The van der Waals surface area contributed by atoms with Crippen LogP contribution < -0.4 is 5.32 Å². The van der Waals surface area contributed by atoms with Crippen LogP contribution in [0.1, 0.15) is 51.2 Å². The molecular formula is C18H29ClN2. The first kappa shape index (κ1) is 16.8. The van der Waals surface area contributed by atoms with Gasteiger partial charge in [0.2, 0.25) is 0 Å². The van der Waals surface area contributed by atoms with E-state index in [2.05, 4.69) is 56.1 Å². The van der Waals surface area contributed by atoms with Crippen molar-refractivity contribution < 1.29 is 0 Å². The van der Waals surface area contributed by atoms with Gasteiger partial charge in [-0.3, -0.25) is 4.90 Å². The number of halogens is 1. The molecule has 1 heterocycles. The number of aryl methyl sites for hydroxylation is 1. The van der Waals surface area contributed by atoms with Crippen molar-refractivity contribution in [2.45, 2.75) is 65.1 Å². The van der Waals surface area contributed by atoms with Crippen molar-refractivity contribution in [3.05, 3.63) is 34.3 Å². The number of rotatable bonds is 5. The zero-order valence-corrected chi connectivity index (χ0v) is 14.6. The van der Waals surface area contributed by atoms with Crippen LogP contribution in [0.3, 0.4) is 0 Å². The highest BCUT2D eigenvalue weighted by atomic mass is 35.5. The van der Waals surface area contributed by atoms with Crippen LogP contribution in [0, 0.1) is 6.92 Å². The second-order valence-corrected chi connectivity index (χ2v) is 6.84. The molecule has 118 valence electrons. The Labute approximate surface area is 134 Å². The average molecular weight is 309 g/mol. The highest BCUT2D eigenvalue weighted by Crippen LogP contribution is 2.27. The molecule has 1 saturated heterocycles. The van der Waals surface area contributed by atoms with Crippen molar-refractivity contribution in [1.82, 2.24) is 10.2 Å². The first-order valence-corrected chi connectivity index (χ1v) is 8.65. The van der Waals surface area contributed by atoms with Crippen LogP contribution in [0.2, 0.25) is 5.02 Å². The molecule has 0 aliphatic carbocycles. The lowest BCUT2D eigenvalue weighted by Crippen LogP contribution is -2.63. The summed E-state index contributed by atoms with van der Waals surface area (Å²) in [4.78, 5) is 2.63. The molecule has 1 aliphatic rings. The summed E-state index contributed by atoms with van der Waals surface area (Å²) in [5.74, 6) is 0. The molecule has 1 aromatic carbocycles. The van der Waals surface area contributed by atoms with Gasteiger partial charge in [0, 0.05) is 36.2 Å². The van der Waals surface area contributed by atoms with Crippen molar-refractivity contribution in [3.8, 4) is 0 Å². The van der Waals surface area contributed by atoms with E-state index >= 15 is 0 Å². The predicted molar refractivity (Wildman–Crippen MR) is 92.0 cm³/mol. The normalized spacial score (nSPS) is 22.4. The average Bonchev–Trinajstić information content (AvgIpc) is 2.50. The fourth-order valence-electron chi connectivity index (χ4n) is 3.35. The van der Waals surface area contributed by atoms with Crippen LogP contribution in [0.15, 0.2) is 18.2 Å². The maximum atomic E-state index is 6.44. The lowest BCUT2D eigenvalue weighted by Gasteiger charge is -2.47. The molecule has 1 aliphatic heterocycles. The molecular weight excluding hydrogens is 280 g/mol. The van der Waals surface area contributed by atoms with Gasteiger partial charge in [-0.05, 0) is 43.4 Å². The Morgan fingerprint density at radius 2 is 2.00 bits per heavy atom. The lowest BCUT2D eigenvalue weighted by molar-refractivity contribution is 0.0643. The Morgan fingerprint density at radius 1 is 1.29 bits per heavy atom. The molecule has 1 fully saturated rings. The number of benzene rings is 1. The van der Waals surface area contributed by atoms with Crippen molar-refractivity contribution in [1.29, 1.82) is 0 Å². The van der Waals surface area contributed by atoms with Crippen molar-refractivity contribution in [3.63, 3.8) is 0 Å². The summed E-state index contributed by atoms with van der Waals surface area (Å²) in [5.41, 5.74) is 2.75. The van der Waals surface area contributed by atoms with Gasteiger partial charge in [-0.25, -0.2) is 0 Å². The SMILES string of the molecule is CCC1CNC(CC)(CC)CN1Cc1ccc(C)cc1Cl. The Kier molecular flexibility index (Phi) is 5.70. The standard InChI is InChI=1S/C18H29ClN2/c1-5-16-11-20-18(6-2,7-3)13-21(16)12-15-9-8-14(4)10-17(15)19/h8-10,16,20H,5-7,11-13H2,1-4H3. The molecule has 2 rings (SSSR count). The Hall–Kier alpha value is -0.570. The van der Waals surface area contributed by atoms with Gasteiger partial charge in [0.1, 0.15) is 0 Å². The third-order valence-electron chi connectivity index (χ3n) is 5.14. The molecule has 1 aromatic rings. The first-order valence-electron chi connectivity index (χ1n) is 8.27. The summed E-state index contributed by atoms with van der Waals surface area (Å²) in [6.07, 6.45) is 3.54. The first-order chi connectivity index (χ1) is 10.0. The van der Waals surface area contributed by atoms with Crippen LogP contribution in [0.5, 0.6) is 0 Å². The molecule has 0 radical (unpaired) electrons. The fourth-order valence-corrected chi connectivity index (χ4v) is 3.64. The number of hydrogen-bond donors (Lipinski definition) is 1. The molecule has 0 saturated carbocycles. The second-order valence-electron chi connectivity index (χ2n) is 6.43. The van der Waals surface area contributed by atoms with E-state index in [4.69, 9.17) is 11.6 Å². The molecule has 3 heteroatoms. The van der Waals surface area contributed by atoms with E-state index in [0.29, 0.717) is 6.04 Å². The van der Waals surface area contributed by atoms with Crippen molar-refractivity contribution in [2.24, 2.45) is 0 Å². The molecule has 21 heavy (non-hydrogen) atoms. The molecule has 1 atom stereocenters. The van der Waals surface area contributed by atoms with E-state index in [0.717, 1.165) is 24.7 Å². The zero-order valence-electron chi connectivity index (χ0n) is 13.9. The van der Waals surface area contributed by atoms with Crippen LogP contribution >= 0.6 is 11.6 Å². The third-order valence-corrected chi connectivity index (χ3v) is 5.49. The minimum absolute atomic E-state index is 0.267. The van der Waals surface area contributed by atoms with E-state index in [1.165, 1.54) is 30.4 Å². The van der Waals surface area contributed by atoms with Gasteiger partial charge in [0.05, 0.1) is 0 Å². The predicted octanol–water partition coefficient (Wildman–Crippen LogP) is 4.39. The molecule has 0 aromatic heterocycles. The Bertz CT molecular complexity index is 468. The highest BCUT2D eigenvalue weighted by Gasteiger charge is 2.36. The highest BCUT2D eigenvalue weighted by molar-refractivity contribution is 6.31. The lowest BCUT2D eigenvalue weighted by atomic mass is 9.88. The van der Waals surface area contributed by atoms with Gasteiger partial charge in [-0.1, -0.05) is 44.5 Å². The minimum atomic E-state index is 0.267. The molecule has 0 amide bonds. The van der Waals surface area contributed by atoms with Gasteiger partial charge in [-0.15, -0.1) is 0 Å². The zero-order chi connectivity index (χ0) is 15.5. The smallest absolute Gasteiger partial charge is 0.0453 e. The number of piperazine rings is 1. The molecule has 1 N–H and O–H groups in total. The topological polar surface area (TPSA) is 15.3 Å². The van der Waals surface area contributed by atoms with E-state index in [1.807, 2.05) is 0 Å². The molecule has 0 spiro atoms. The fraction of sp³-hybridized carbons (Fsp3) is 0.667. The second kappa shape index (κ2) is 7.13. The molecule has 2 nitrogen and oxygen atoms in total. The van der Waals surface area contributed by atoms with Gasteiger partial charge in [0.25, 0.3) is 0 Å². The quantitative estimate of drug-likeness (QED) is 0.868. The van der Waals surface area contributed by atoms with Crippen LogP contribution in [-0.4, -0.2) is 29.6 Å². The number of nitrogens with zero attached hydrogens (tertiary/aromatic N) is 1. The summed E-state index contributed by atoms with van der Waals surface area (Å²) in [7, 11) is 0. The summed E-state index contributed by atoms with van der Waals surface area (Å²) in [6.45, 7) is 12.1. The third kappa shape index (κ3) is 3.80. The van der Waals surface area contributed by atoms with E-state index in [-0.39, 0.29) is 5.54 Å². The van der Waals surface area contributed by atoms with Crippen LogP contribution in [0.4, 0.5) is 0 Å². The van der Waals surface area contributed by atoms with Crippen molar-refractivity contribution >= 4 is 11.6 Å². The van der Waals surface area contributed by atoms with E-state index < -0.39 is 0 Å². The summed E-state index contributed by atoms with van der Waals surface area (Å²) >= 11 is 6.44. The van der Waals surface area contributed by atoms with Crippen LogP contribution in [-0.2, 0) is 6.54 Å². The Morgan fingerprint density at radius 3 is 2.57 bits per heavy atom. The maximum absolute atomic E-state index is 6.44. The summed E-state index contributed by atoms with van der Waals surface area (Å²) in [5, 5.41) is 4.70. The molecule has 1 unspecified atom stereocenters. The summed E-state index contributed by atoms with van der Waals surface area (Å²) < 4.78 is 0. The maximum Gasteiger partial charge on any atom is 0.0453 e. The van der Waals surface area contributed by atoms with Crippen molar-refractivity contribution in [2.75, 3.05) is 13.1 Å².